The molecule has 0 unspecified atom stereocenters. The zero-order chi connectivity index (χ0) is 16.9. The average molecular weight is 317 g/mol. The lowest BCUT2D eigenvalue weighted by Gasteiger charge is -2.34. The number of hydrogen-bond donors (Lipinski definition) is 2. The number of nitrogens with one attached hydrogen (secondary N) is 2. The van der Waals surface area contributed by atoms with Gasteiger partial charge in [-0.3, -0.25) is 4.79 Å². The van der Waals surface area contributed by atoms with Gasteiger partial charge in [0.05, 0.1) is 0 Å². The first-order valence-corrected chi connectivity index (χ1v) is 8.24. The number of carbonyl (C=O) groups is 2. The highest BCUT2D eigenvalue weighted by Crippen LogP contribution is 2.21. The van der Waals surface area contributed by atoms with Gasteiger partial charge in [-0.05, 0) is 30.4 Å². The minimum absolute atomic E-state index is 0.0156. The SMILES string of the molecule is CC(C)(C)CC(=O)N1CCC(NC(=O)Nc2ccccc2)CC1. The third kappa shape index (κ3) is 5.93. The molecule has 0 saturated carbocycles. The topological polar surface area (TPSA) is 61.4 Å². The van der Waals surface area contributed by atoms with Crippen LogP contribution in [-0.4, -0.2) is 36.0 Å². The molecule has 0 aromatic heterocycles. The molecule has 1 aromatic carbocycles. The van der Waals surface area contributed by atoms with Crippen molar-refractivity contribution in [2.45, 2.75) is 46.1 Å². The van der Waals surface area contributed by atoms with Crippen molar-refractivity contribution in [2.24, 2.45) is 5.41 Å². The van der Waals surface area contributed by atoms with Crippen LogP contribution in [0.25, 0.3) is 0 Å². The van der Waals surface area contributed by atoms with Crippen molar-refractivity contribution in [1.29, 1.82) is 0 Å². The summed E-state index contributed by atoms with van der Waals surface area (Å²) in [5, 5.41) is 5.81. The highest BCUT2D eigenvalue weighted by molar-refractivity contribution is 5.89. The summed E-state index contributed by atoms with van der Waals surface area (Å²) in [6, 6.07) is 9.32. The van der Waals surface area contributed by atoms with Crippen LogP contribution in [0.1, 0.15) is 40.0 Å². The van der Waals surface area contributed by atoms with E-state index in [1.807, 2.05) is 35.2 Å². The van der Waals surface area contributed by atoms with Gasteiger partial charge in [-0.1, -0.05) is 39.0 Å². The number of nitrogens with zero attached hydrogens (tertiary/aromatic N) is 1. The maximum absolute atomic E-state index is 12.2. The lowest BCUT2D eigenvalue weighted by atomic mass is 9.91. The molecule has 1 fully saturated rings. The van der Waals surface area contributed by atoms with Crippen LogP contribution in [0.2, 0.25) is 0 Å². The highest BCUT2D eigenvalue weighted by Gasteiger charge is 2.26. The van der Waals surface area contributed by atoms with Gasteiger partial charge in [0.2, 0.25) is 5.91 Å². The van der Waals surface area contributed by atoms with Gasteiger partial charge in [0, 0.05) is 31.2 Å². The van der Waals surface area contributed by atoms with Crippen LogP contribution in [0.15, 0.2) is 30.3 Å². The normalized spacial score (nSPS) is 16.0. The van der Waals surface area contributed by atoms with Crippen LogP contribution < -0.4 is 10.6 Å². The number of likely N-dealkylation sites (tertiary alicyclic amines) is 1. The van der Waals surface area contributed by atoms with Crippen LogP contribution in [0.4, 0.5) is 10.5 Å². The fourth-order valence-corrected chi connectivity index (χ4v) is 2.71. The molecule has 1 heterocycles. The van der Waals surface area contributed by atoms with Crippen molar-refractivity contribution in [3.8, 4) is 0 Å². The molecular weight excluding hydrogens is 290 g/mol. The van der Waals surface area contributed by atoms with Gasteiger partial charge in [0.1, 0.15) is 0 Å². The van der Waals surface area contributed by atoms with Crippen molar-refractivity contribution in [1.82, 2.24) is 10.2 Å². The van der Waals surface area contributed by atoms with Crippen molar-refractivity contribution >= 4 is 17.6 Å². The molecule has 23 heavy (non-hydrogen) atoms. The molecule has 5 nitrogen and oxygen atoms in total. The second-order valence-electron chi connectivity index (χ2n) is 7.36. The van der Waals surface area contributed by atoms with E-state index in [1.165, 1.54) is 0 Å². The molecule has 5 heteroatoms. The Morgan fingerprint density at radius 3 is 2.30 bits per heavy atom. The van der Waals surface area contributed by atoms with E-state index >= 15 is 0 Å². The quantitative estimate of drug-likeness (QED) is 0.899. The lowest BCUT2D eigenvalue weighted by Crippen LogP contribution is -2.48. The standard InChI is InChI=1S/C18H27N3O2/c1-18(2,3)13-16(22)21-11-9-15(10-12-21)20-17(23)19-14-7-5-4-6-8-14/h4-8,15H,9-13H2,1-3H3,(H2,19,20,23). The third-order valence-corrected chi connectivity index (χ3v) is 3.90. The van der Waals surface area contributed by atoms with Crippen molar-refractivity contribution in [3.63, 3.8) is 0 Å². The van der Waals surface area contributed by atoms with E-state index in [0.717, 1.165) is 18.5 Å². The second-order valence-corrected chi connectivity index (χ2v) is 7.36. The smallest absolute Gasteiger partial charge is 0.319 e. The van der Waals surface area contributed by atoms with Crippen LogP contribution in [-0.2, 0) is 4.79 Å². The predicted octanol–water partition coefficient (Wildman–Crippen LogP) is 3.24. The van der Waals surface area contributed by atoms with Crippen LogP contribution >= 0.6 is 0 Å². The van der Waals surface area contributed by atoms with Crippen molar-refractivity contribution in [2.75, 3.05) is 18.4 Å². The molecule has 126 valence electrons. The van der Waals surface area contributed by atoms with E-state index in [0.29, 0.717) is 19.5 Å². The molecule has 0 bridgehead atoms. The van der Waals surface area contributed by atoms with Crippen LogP contribution in [0, 0.1) is 5.41 Å². The third-order valence-electron chi connectivity index (χ3n) is 3.90. The van der Waals surface area contributed by atoms with E-state index in [1.54, 1.807) is 0 Å². The molecule has 1 aliphatic rings. The number of hydrogen-bond acceptors (Lipinski definition) is 2. The van der Waals surface area contributed by atoms with Gasteiger partial charge in [-0.2, -0.15) is 0 Å². The number of carbonyl (C=O) groups excluding carboxylic acids is 2. The van der Waals surface area contributed by atoms with E-state index in [2.05, 4.69) is 31.4 Å². The summed E-state index contributed by atoms with van der Waals surface area (Å²) >= 11 is 0. The first kappa shape index (κ1) is 17.3. The first-order valence-electron chi connectivity index (χ1n) is 8.24. The summed E-state index contributed by atoms with van der Waals surface area (Å²) in [4.78, 5) is 26.1. The second kappa shape index (κ2) is 7.49. The Morgan fingerprint density at radius 1 is 1.13 bits per heavy atom. The first-order chi connectivity index (χ1) is 10.8. The fourth-order valence-electron chi connectivity index (χ4n) is 2.71. The van der Waals surface area contributed by atoms with Crippen molar-refractivity contribution < 1.29 is 9.59 Å². The summed E-state index contributed by atoms with van der Waals surface area (Å²) in [6.07, 6.45) is 2.18. The number of anilines is 1. The number of amides is 3. The van der Waals surface area contributed by atoms with Gasteiger partial charge in [-0.25, -0.2) is 4.79 Å². The van der Waals surface area contributed by atoms with Gasteiger partial charge < -0.3 is 15.5 Å². The molecule has 0 atom stereocenters. The van der Waals surface area contributed by atoms with E-state index in [4.69, 9.17) is 0 Å². The Kier molecular flexibility index (Phi) is 5.64. The molecule has 1 saturated heterocycles. The summed E-state index contributed by atoms with van der Waals surface area (Å²) in [5.41, 5.74) is 0.796. The monoisotopic (exact) mass is 317 g/mol. The van der Waals surface area contributed by atoms with Gasteiger partial charge >= 0.3 is 6.03 Å². The zero-order valence-electron chi connectivity index (χ0n) is 14.3. The molecular formula is C18H27N3O2. The van der Waals surface area contributed by atoms with E-state index < -0.39 is 0 Å². The van der Waals surface area contributed by atoms with E-state index in [9.17, 15) is 9.59 Å². The number of rotatable bonds is 3. The van der Waals surface area contributed by atoms with Crippen LogP contribution in [0.5, 0.6) is 0 Å². The predicted molar refractivity (Wildman–Crippen MR) is 92.3 cm³/mol. The lowest BCUT2D eigenvalue weighted by molar-refractivity contribution is -0.134. The molecule has 0 aliphatic carbocycles. The molecule has 0 spiro atoms. The van der Waals surface area contributed by atoms with Crippen LogP contribution in [0.3, 0.4) is 0 Å². The summed E-state index contributed by atoms with van der Waals surface area (Å²) in [7, 11) is 0. The summed E-state index contributed by atoms with van der Waals surface area (Å²) in [5.74, 6) is 0.213. The maximum atomic E-state index is 12.2. The highest BCUT2D eigenvalue weighted by atomic mass is 16.2. The molecule has 1 aromatic rings. The molecule has 0 radical (unpaired) electrons. The largest absolute Gasteiger partial charge is 0.343 e. The number of benzene rings is 1. The fraction of sp³-hybridized carbons (Fsp3) is 0.556. The maximum Gasteiger partial charge on any atom is 0.319 e. The Hall–Kier alpha value is -2.04. The Balaban J connectivity index is 1.74. The molecule has 3 amide bonds. The Bertz CT molecular complexity index is 529. The van der Waals surface area contributed by atoms with Gasteiger partial charge in [-0.15, -0.1) is 0 Å². The average Bonchev–Trinajstić information content (AvgIpc) is 2.47. The van der Waals surface area contributed by atoms with Crippen molar-refractivity contribution in [3.05, 3.63) is 30.3 Å². The van der Waals surface area contributed by atoms with Gasteiger partial charge in [0.25, 0.3) is 0 Å². The van der Waals surface area contributed by atoms with E-state index in [-0.39, 0.29) is 23.4 Å². The Labute approximate surface area is 138 Å². The number of piperidine rings is 1. The summed E-state index contributed by atoms with van der Waals surface area (Å²) < 4.78 is 0. The molecule has 2 rings (SSSR count). The minimum atomic E-state index is -0.185. The number of para-hydroxylation sites is 1. The molecule has 1 aliphatic heterocycles. The number of urea groups is 1. The van der Waals surface area contributed by atoms with Gasteiger partial charge in [0.15, 0.2) is 0 Å². The Morgan fingerprint density at radius 2 is 1.74 bits per heavy atom. The minimum Gasteiger partial charge on any atom is -0.343 e. The zero-order valence-corrected chi connectivity index (χ0v) is 14.3. The molecule has 2 N–H and O–H groups in total. The summed E-state index contributed by atoms with van der Waals surface area (Å²) in [6.45, 7) is 7.66.